The van der Waals surface area contributed by atoms with Gasteiger partial charge in [-0.05, 0) is 37.4 Å². The highest BCUT2D eigenvalue weighted by Crippen LogP contribution is 2.29. The first kappa shape index (κ1) is 14.0. The molecule has 0 unspecified atom stereocenters. The van der Waals surface area contributed by atoms with Crippen molar-refractivity contribution in [3.8, 4) is 0 Å². The molecule has 1 saturated carbocycles. The number of alkyl halides is 1. The number of carboxylic acid groups (broad SMARTS) is 1. The highest BCUT2D eigenvalue weighted by Gasteiger charge is 2.25. The van der Waals surface area contributed by atoms with E-state index in [1.165, 1.54) is 10.7 Å². The summed E-state index contributed by atoms with van der Waals surface area (Å²) in [4.78, 5) is 12.3. The zero-order valence-corrected chi connectivity index (χ0v) is 11.3. The third-order valence-corrected chi connectivity index (χ3v) is 4.85. The van der Waals surface area contributed by atoms with Crippen LogP contribution in [0.2, 0.25) is 0 Å². The van der Waals surface area contributed by atoms with Crippen LogP contribution in [0.3, 0.4) is 0 Å². The molecule has 0 saturated heterocycles. The van der Waals surface area contributed by atoms with E-state index in [0.717, 1.165) is 43.2 Å². The standard InChI is InChI=1S/C11H20ClNO2S/c1-13(11(14)15)10-4-2-9(3-5-10)8-16-7-6-12/h9-10H,2-8H2,1H3,(H,14,15). The van der Waals surface area contributed by atoms with Crippen LogP contribution in [0.25, 0.3) is 0 Å². The second kappa shape index (κ2) is 7.28. The van der Waals surface area contributed by atoms with Gasteiger partial charge < -0.3 is 10.0 Å². The van der Waals surface area contributed by atoms with Gasteiger partial charge >= 0.3 is 6.09 Å². The average molecular weight is 266 g/mol. The Bertz CT molecular complexity index is 220. The Morgan fingerprint density at radius 3 is 2.56 bits per heavy atom. The van der Waals surface area contributed by atoms with Gasteiger partial charge in [0.2, 0.25) is 0 Å². The van der Waals surface area contributed by atoms with Crippen molar-refractivity contribution < 1.29 is 9.90 Å². The van der Waals surface area contributed by atoms with Crippen molar-refractivity contribution in [3.63, 3.8) is 0 Å². The molecule has 5 heteroatoms. The summed E-state index contributed by atoms with van der Waals surface area (Å²) in [6.45, 7) is 0. The normalized spacial score (nSPS) is 25.4. The van der Waals surface area contributed by atoms with Gasteiger partial charge in [-0.15, -0.1) is 11.6 Å². The fourth-order valence-corrected chi connectivity index (χ4v) is 3.43. The van der Waals surface area contributed by atoms with Gasteiger partial charge in [0.15, 0.2) is 0 Å². The fraction of sp³-hybridized carbons (Fsp3) is 0.909. The predicted octanol–water partition coefficient (Wildman–Crippen LogP) is 3.13. The molecule has 1 fully saturated rings. The molecule has 1 aliphatic rings. The molecule has 0 heterocycles. The zero-order chi connectivity index (χ0) is 12.0. The quantitative estimate of drug-likeness (QED) is 0.613. The minimum atomic E-state index is -0.806. The average Bonchev–Trinajstić information content (AvgIpc) is 2.29. The SMILES string of the molecule is CN(C(=O)O)C1CCC(CSCCCl)CC1. The van der Waals surface area contributed by atoms with Crippen LogP contribution < -0.4 is 0 Å². The molecule has 1 amide bonds. The summed E-state index contributed by atoms with van der Waals surface area (Å²) in [5, 5.41) is 8.88. The van der Waals surface area contributed by atoms with Crippen LogP contribution in [0.4, 0.5) is 4.79 Å². The second-order valence-electron chi connectivity index (χ2n) is 4.33. The van der Waals surface area contributed by atoms with E-state index in [4.69, 9.17) is 16.7 Å². The first-order valence-electron chi connectivity index (χ1n) is 5.74. The van der Waals surface area contributed by atoms with Crippen molar-refractivity contribution >= 4 is 29.5 Å². The first-order chi connectivity index (χ1) is 7.65. The minimum absolute atomic E-state index is 0.228. The number of halogens is 1. The number of thioether (sulfide) groups is 1. The smallest absolute Gasteiger partial charge is 0.407 e. The summed E-state index contributed by atoms with van der Waals surface area (Å²) in [5.41, 5.74) is 0. The summed E-state index contributed by atoms with van der Waals surface area (Å²) < 4.78 is 0. The lowest BCUT2D eigenvalue weighted by Gasteiger charge is -2.33. The van der Waals surface area contributed by atoms with Crippen LogP contribution in [0, 0.1) is 5.92 Å². The molecule has 94 valence electrons. The molecule has 0 radical (unpaired) electrons. The lowest BCUT2D eigenvalue weighted by molar-refractivity contribution is 0.121. The lowest BCUT2D eigenvalue weighted by atomic mass is 9.87. The third-order valence-electron chi connectivity index (χ3n) is 3.24. The van der Waals surface area contributed by atoms with E-state index in [0.29, 0.717) is 0 Å². The van der Waals surface area contributed by atoms with Gasteiger partial charge in [-0.1, -0.05) is 0 Å². The van der Waals surface area contributed by atoms with Gasteiger partial charge in [0, 0.05) is 24.7 Å². The van der Waals surface area contributed by atoms with Crippen molar-refractivity contribution in [1.29, 1.82) is 0 Å². The van der Waals surface area contributed by atoms with E-state index in [1.54, 1.807) is 7.05 Å². The lowest BCUT2D eigenvalue weighted by Crippen LogP contribution is -2.38. The van der Waals surface area contributed by atoms with Crippen molar-refractivity contribution in [2.24, 2.45) is 5.92 Å². The Kier molecular flexibility index (Phi) is 6.36. The Morgan fingerprint density at radius 1 is 1.44 bits per heavy atom. The molecule has 0 aliphatic heterocycles. The fourth-order valence-electron chi connectivity index (χ4n) is 2.16. The van der Waals surface area contributed by atoms with Crippen molar-refractivity contribution in [2.75, 3.05) is 24.4 Å². The maximum absolute atomic E-state index is 10.8. The van der Waals surface area contributed by atoms with Gasteiger partial charge in [-0.3, -0.25) is 0 Å². The van der Waals surface area contributed by atoms with E-state index in [2.05, 4.69) is 0 Å². The topological polar surface area (TPSA) is 40.5 Å². The van der Waals surface area contributed by atoms with E-state index >= 15 is 0 Å². The third kappa shape index (κ3) is 4.42. The first-order valence-corrected chi connectivity index (χ1v) is 7.43. The maximum atomic E-state index is 10.8. The van der Waals surface area contributed by atoms with Crippen LogP contribution in [-0.4, -0.2) is 46.6 Å². The van der Waals surface area contributed by atoms with Crippen LogP contribution in [0.1, 0.15) is 25.7 Å². The van der Waals surface area contributed by atoms with Crippen molar-refractivity contribution in [2.45, 2.75) is 31.7 Å². The molecule has 0 aromatic heterocycles. The molecule has 1 rings (SSSR count). The predicted molar refractivity (Wildman–Crippen MR) is 69.6 cm³/mol. The zero-order valence-electron chi connectivity index (χ0n) is 9.69. The van der Waals surface area contributed by atoms with Crippen molar-refractivity contribution in [3.05, 3.63) is 0 Å². The molecule has 16 heavy (non-hydrogen) atoms. The molecule has 0 atom stereocenters. The number of amides is 1. The Morgan fingerprint density at radius 2 is 2.06 bits per heavy atom. The summed E-state index contributed by atoms with van der Waals surface area (Å²) in [5.74, 6) is 3.68. The number of rotatable bonds is 5. The minimum Gasteiger partial charge on any atom is -0.465 e. The number of hydrogen-bond acceptors (Lipinski definition) is 2. The highest BCUT2D eigenvalue weighted by atomic mass is 35.5. The Balaban J connectivity index is 2.20. The van der Waals surface area contributed by atoms with Gasteiger partial charge in [-0.25, -0.2) is 4.79 Å². The Labute approximate surface area is 107 Å². The molecular weight excluding hydrogens is 246 g/mol. The maximum Gasteiger partial charge on any atom is 0.407 e. The summed E-state index contributed by atoms with van der Waals surface area (Å²) >= 11 is 7.54. The summed E-state index contributed by atoms with van der Waals surface area (Å²) in [6.07, 6.45) is 3.51. The summed E-state index contributed by atoms with van der Waals surface area (Å²) in [6, 6.07) is 0.228. The van der Waals surface area contributed by atoms with E-state index < -0.39 is 6.09 Å². The summed E-state index contributed by atoms with van der Waals surface area (Å²) in [7, 11) is 1.68. The van der Waals surface area contributed by atoms with Gasteiger partial charge in [0.25, 0.3) is 0 Å². The van der Waals surface area contributed by atoms with Crippen LogP contribution in [0.5, 0.6) is 0 Å². The Hall–Kier alpha value is -0.0900. The molecule has 1 N–H and O–H groups in total. The van der Waals surface area contributed by atoms with Crippen molar-refractivity contribution in [1.82, 2.24) is 4.90 Å². The van der Waals surface area contributed by atoms with Crippen LogP contribution in [-0.2, 0) is 0 Å². The van der Waals surface area contributed by atoms with Gasteiger partial charge in [0.05, 0.1) is 0 Å². The van der Waals surface area contributed by atoms with E-state index in [1.807, 2.05) is 11.8 Å². The molecule has 0 bridgehead atoms. The monoisotopic (exact) mass is 265 g/mol. The van der Waals surface area contributed by atoms with E-state index in [-0.39, 0.29) is 6.04 Å². The molecule has 3 nitrogen and oxygen atoms in total. The van der Waals surface area contributed by atoms with Gasteiger partial charge in [0.1, 0.15) is 0 Å². The second-order valence-corrected chi connectivity index (χ2v) is 5.86. The van der Waals surface area contributed by atoms with Gasteiger partial charge in [-0.2, -0.15) is 11.8 Å². The molecular formula is C11H20ClNO2S. The molecule has 0 spiro atoms. The number of hydrogen-bond donors (Lipinski definition) is 1. The molecule has 0 aromatic rings. The number of nitrogens with zero attached hydrogens (tertiary/aromatic N) is 1. The number of carbonyl (C=O) groups is 1. The van der Waals surface area contributed by atoms with Crippen LogP contribution >= 0.6 is 23.4 Å². The van der Waals surface area contributed by atoms with E-state index in [9.17, 15) is 4.79 Å². The van der Waals surface area contributed by atoms with Crippen LogP contribution in [0.15, 0.2) is 0 Å². The highest BCUT2D eigenvalue weighted by molar-refractivity contribution is 7.99. The largest absolute Gasteiger partial charge is 0.465 e. The molecule has 1 aliphatic carbocycles. The molecule has 0 aromatic carbocycles.